The number of rotatable bonds is 4. The van der Waals surface area contributed by atoms with Gasteiger partial charge in [0.25, 0.3) is 0 Å². The molecule has 2 nitrogen and oxygen atoms in total. The summed E-state index contributed by atoms with van der Waals surface area (Å²) in [5.74, 6) is 0.691. The van der Waals surface area contributed by atoms with Crippen LogP contribution in [0.2, 0.25) is 0 Å². The topological polar surface area (TPSA) is 26.3 Å². The van der Waals surface area contributed by atoms with Crippen LogP contribution in [-0.4, -0.2) is 19.0 Å². The SMILES string of the molecule is CCOCC.O=C1C=CC(Cc2ccccc2)C1. The van der Waals surface area contributed by atoms with E-state index in [-0.39, 0.29) is 5.78 Å². The van der Waals surface area contributed by atoms with Gasteiger partial charge in [0, 0.05) is 19.6 Å². The largest absolute Gasteiger partial charge is 0.382 e. The number of hydrogen-bond acceptors (Lipinski definition) is 2. The van der Waals surface area contributed by atoms with Gasteiger partial charge in [-0.1, -0.05) is 36.4 Å². The molecule has 1 aromatic carbocycles. The van der Waals surface area contributed by atoms with Gasteiger partial charge in [0.15, 0.2) is 5.78 Å². The zero-order valence-corrected chi connectivity index (χ0v) is 11.3. The minimum absolute atomic E-state index is 0.265. The molecule has 0 radical (unpaired) electrons. The van der Waals surface area contributed by atoms with E-state index in [0.717, 1.165) is 19.6 Å². The summed E-state index contributed by atoms with van der Waals surface area (Å²) in [6, 6.07) is 10.3. The van der Waals surface area contributed by atoms with Crippen molar-refractivity contribution in [2.24, 2.45) is 5.92 Å². The minimum Gasteiger partial charge on any atom is -0.382 e. The van der Waals surface area contributed by atoms with Crippen molar-refractivity contribution in [1.29, 1.82) is 0 Å². The molecule has 1 aliphatic rings. The Morgan fingerprint density at radius 1 is 1.17 bits per heavy atom. The van der Waals surface area contributed by atoms with Crippen LogP contribution in [0, 0.1) is 5.92 Å². The summed E-state index contributed by atoms with van der Waals surface area (Å²) in [6.45, 7) is 5.67. The first-order valence-electron chi connectivity index (χ1n) is 6.59. The number of ether oxygens (including phenoxy) is 1. The smallest absolute Gasteiger partial charge is 0.155 e. The van der Waals surface area contributed by atoms with E-state index < -0.39 is 0 Å². The Bertz CT molecular complexity index is 366. The van der Waals surface area contributed by atoms with Crippen molar-refractivity contribution in [2.75, 3.05) is 13.2 Å². The molecule has 0 amide bonds. The molecule has 1 unspecified atom stereocenters. The molecule has 1 aromatic rings. The molecule has 1 atom stereocenters. The average Bonchev–Trinajstić information content (AvgIpc) is 2.78. The highest BCUT2D eigenvalue weighted by atomic mass is 16.5. The van der Waals surface area contributed by atoms with Crippen molar-refractivity contribution in [3.8, 4) is 0 Å². The first-order chi connectivity index (χ1) is 8.76. The lowest BCUT2D eigenvalue weighted by Gasteiger charge is -2.05. The summed E-state index contributed by atoms with van der Waals surface area (Å²) in [4.78, 5) is 11.0. The Morgan fingerprint density at radius 3 is 2.28 bits per heavy atom. The van der Waals surface area contributed by atoms with Gasteiger partial charge < -0.3 is 4.74 Å². The second-order valence-corrected chi connectivity index (χ2v) is 4.26. The van der Waals surface area contributed by atoms with E-state index in [4.69, 9.17) is 4.74 Å². The van der Waals surface area contributed by atoms with E-state index in [0.29, 0.717) is 12.3 Å². The zero-order chi connectivity index (χ0) is 13.2. The molecule has 1 aliphatic carbocycles. The highest BCUT2D eigenvalue weighted by molar-refractivity contribution is 5.92. The van der Waals surface area contributed by atoms with Gasteiger partial charge in [-0.15, -0.1) is 0 Å². The average molecular weight is 246 g/mol. The van der Waals surface area contributed by atoms with Crippen LogP contribution in [-0.2, 0) is 16.0 Å². The number of allylic oxidation sites excluding steroid dienone is 2. The van der Waals surface area contributed by atoms with Gasteiger partial charge in [-0.25, -0.2) is 0 Å². The zero-order valence-electron chi connectivity index (χ0n) is 11.3. The van der Waals surface area contributed by atoms with Crippen LogP contribution in [0.4, 0.5) is 0 Å². The molecule has 0 N–H and O–H groups in total. The fourth-order valence-corrected chi connectivity index (χ4v) is 1.90. The Labute approximate surface area is 110 Å². The van der Waals surface area contributed by atoms with Gasteiger partial charge in [0.05, 0.1) is 0 Å². The van der Waals surface area contributed by atoms with Crippen LogP contribution in [0.5, 0.6) is 0 Å². The predicted octanol–water partition coefficient (Wildman–Crippen LogP) is 3.42. The number of carbonyl (C=O) groups excluding carboxylic acids is 1. The first-order valence-corrected chi connectivity index (χ1v) is 6.59. The number of hydrogen-bond donors (Lipinski definition) is 0. The molecule has 0 aliphatic heterocycles. The molecule has 0 fully saturated rings. The van der Waals surface area contributed by atoms with E-state index in [1.807, 2.05) is 38.1 Å². The van der Waals surface area contributed by atoms with E-state index in [1.54, 1.807) is 6.08 Å². The monoisotopic (exact) mass is 246 g/mol. The van der Waals surface area contributed by atoms with Gasteiger partial charge in [0.1, 0.15) is 0 Å². The summed E-state index contributed by atoms with van der Waals surface area (Å²) in [6.07, 6.45) is 5.40. The Hall–Kier alpha value is -1.41. The van der Waals surface area contributed by atoms with E-state index >= 15 is 0 Å². The van der Waals surface area contributed by atoms with Crippen LogP contribution in [0.1, 0.15) is 25.8 Å². The van der Waals surface area contributed by atoms with Crippen LogP contribution >= 0.6 is 0 Å². The van der Waals surface area contributed by atoms with Crippen LogP contribution in [0.3, 0.4) is 0 Å². The highest BCUT2D eigenvalue weighted by Crippen LogP contribution is 2.19. The van der Waals surface area contributed by atoms with Gasteiger partial charge in [-0.3, -0.25) is 4.79 Å². The summed E-state index contributed by atoms with van der Waals surface area (Å²) in [5, 5.41) is 0. The molecule has 0 aromatic heterocycles. The third kappa shape index (κ3) is 5.78. The summed E-state index contributed by atoms with van der Waals surface area (Å²) in [7, 11) is 0. The third-order valence-corrected chi connectivity index (χ3v) is 2.77. The third-order valence-electron chi connectivity index (χ3n) is 2.77. The fourth-order valence-electron chi connectivity index (χ4n) is 1.90. The molecule has 2 heteroatoms. The van der Waals surface area contributed by atoms with Crippen molar-refractivity contribution < 1.29 is 9.53 Å². The van der Waals surface area contributed by atoms with E-state index in [1.165, 1.54) is 5.56 Å². The van der Waals surface area contributed by atoms with Crippen molar-refractivity contribution >= 4 is 5.78 Å². The van der Waals surface area contributed by atoms with Crippen molar-refractivity contribution in [3.05, 3.63) is 48.0 Å². The molecule has 18 heavy (non-hydrogen) atoms. The van der Waals surface area contributed by atoms with Crippen molar-refractivity contribution in [1.82, 2.24) is 0 Å². The fraction of sp³-hybridized carbons (Fsp3) is 0.438. The quantitative estimate of drug-likeness (QED) is 0.813. The highest BCUT2D eigenvalue weighted by Gasteiger charge is 2.15. The Morgan fingerprint density at radius 2 is 1.83 bits per heavy atom. The molecule has 0 saturated carbocycles. The normalized spacial score (nSPS) is 17.4. The molecule has 2 rings (SSSR count). The van der Waals surface area contributed by atoms with Crippen molar-refractivity contribution in [3.63, 3.8) is 0 Å². The summed E-state index contributed by atoms with van der Waals surface area (Å²) >= 11 is 0. The minimum atomic E-state index is 0.265. The predicted molar refractivity (Wildman–Crippen MR) is 74.6 cm³/mol. The van der Waals surface area contributed by atoms with E-state index in [9.17, 15) is 4.79 Å². The molecule has 0 spiro atoms. The summed E-state index contributed by atoms with van der Waals surface area (Å²) < 4.78 is 4.83. The first kappa shape index (κ1) is 14.7. The number of benzene rings is 1. The number of ketones is 1. The maximum Gasteiger partial charge on any atom is 0.155 e. The van der Waals surface area contributed by atoms with Crippen LogP contribution in [0.15, 0.2) is 42.5 Å². The van der Waals surface area contributed by atoms with E-state index in [2.05, 4.69) is 12.1 Å². The Balaban J connectivity index is 0.000000280. The molecule has 0 bridgehead atoms. The van der Waals surface area contributed by atoms with Crippen LogP contribution in [0.25, 0.3) is 0 Å². The molecule has 0 heterocycles. The molecular weight excluding hydrogens is 224 g/mol. The van der Waals surface area contributed by atoms with Crippen LogP contribution < -0.4 is 0 Å². The molecule has 98 valence electrons. The van der Waals surface area contributed by atoms with Gasteiger partial charge in [-0.2, -0.15) is 0 Å². The Kier molecular flexibility index (Phi) is 7.04. The lowest BCUT2D eigenvalue weighted by atomic mass is 9.99. The summed E-state index contributed by atoms with van der Waals surface area (Å²) in [5.41, 5.74) is 1.31. The number of carbonyl (C=O) groups is 1. The van der Waals surface area contributed by atoms with Gasteiger partial charge in [-0.05, 0) is 37.8 Å². The molecular formula is C16H22O2. The second-order valence-electron chi connectivity index (χ2n) is 4.26. The standard InChI is InChI=1S/C12H12O.C4H10O/c13-12-7-6-11(9-12)8-10-4-2-1-3-5-10;1-3-5-4-2/h1-7,11H,8-9H2;3-4H2,1-2H3. The maximum atomic E-state index is 11.0. The lowest BCUT2D eigenvalue weighted by molar-refractivity contribution is -0.114. The second kappa shape index (κ2) is 8.65. The van der Waals surface area contributed by atoms with Crippen molar-refractivity contribution in [2.45, 2.75) is 26.7 Å². The molecule has 0 saturated heterocycles. The van der Waals surface area contributed by atoms with Gasteiger partial charge >= 0.3 is 0 Å². The van der Waals surface area contributed by atoms with Gasteiger partial charge in [0.2, 0.25) is 0 Å². The maximum absolute atomic E-state index is 11.0. The lowest BCUT2D eigenvalue weighted by Crippen LogP contribution is -2.00.